The summed E-state index contributed by atoms with van der Waals surface area (Å²) >= 11 is 0. The fraction of sp³-hybridized carbons (Fsp3) is 0.636. The van der Waals surface area contributed by atoms with Gasteiger partial charge in [0.15, 0.2) is 0 Å². The molecule has 1 aromatic heterocycles. The molecule has 138 valence electrons. The third-order valence-electron chi connectivity index (χ3n) is 8.27. The number of hydrogen-bond acceptors (Lipinski definition) is 2. The molecule has 4 nitrogen and oxygen atoms in total. The van der Waals surface area contributed by atoms with Crippen LogP contribution in [0.25, 0.3) is 5.70 Å². The van der Waals surface area contributed by atoms with Gasteiger partial charge in [-0.2, -0.15) is 0 Å². The Morgan fingerprint density at radius 2 is 2.08 bits per heavy atom. The molecule has 26 heavy (non-hydrogen) atoms. The first-order valence-electron chi connectivity index (χ1n) is 10.2. The van der Waals surface area contributed by atoms with Gasteiger partial charge in [-0.05, 0) is 61.3 Å². The van der Waals surface area contributed by atoms with Crippen LogP contribution in [-0.2, 0) is 4.79 Å². The van der Waals surface area contributed by atoms with Crippen LogP contribution in [0.3, 0.4) is 0 Å². The van der Waals surface area contributed by atoms with Crippen molar-refractivity contribution in [2.75, 3.05) is 6.54 Å². The summed E-state index contributed by atoms with van der Waals surface area (Å²) in [5.41, 5.74) is 3.46. The van der Waals surface area contributed by atoms with Crippen molar-refractivity contribution < 1.29 is 4.79 Å². The molecule has 1 N–H and O–H groups in total. The Labute approximate surface area is 155 Å². The molecule has 0 unspecified atom stereocenters. The monoisotopic (exact) mass is 351 g/mol. The lowest BCUT2D eigenvalue weighted by Crippen LogP contribution is -2.49. The summed E-state index contributed by atoms with van der Waals surface area (Å²) in [5, 5.41) is 3.13. The Bertz CT molecular complexity index is 792. The van der Waals surface area contributed by atoms with Gasteiger partial charge in [-0.25, -0.2) is 4.98 Å². The summed E-state index contributed by atoms with van der Waals surface area (Å²) in [6.45, 7) is 5.77. The SMILES string of the molecule is C[C@]12CC[C@H]3[C@@H](CC[C@H]4CC(=O)NCC[C@@]43C)C1=CC=C2n1ccnc1. The Kier molecular flexibility index (Phi) is 3.51. The number of carbonyl (C=O) groups is 1. The van der Waals surface area contributed by atoms with Gasteiger partial charge in [0.1, 0.15) is 0 Å². The molecule has 1 aromatic rings. The van der Waals surface area contributed by atoms with E-state index in [2.05, 4.69) is 47.1 Å². The molecule has 0 bridgehead atoms. The van der Waals surface area contributed by atoms with Crippen molar-refractivity contribution in [3.8, 4) is 0 Å². The van der Waals surface area contributed by atoms with E-state index in [1.807, 2.05) is 12.5 Å². The van der Waals surface area contributed by atoms with Crippen LogP contribution in [0.2, 0.25) is 0 Å². The lowest BCUT2D eigenvalue weighted by atomic mass is 9.48. The minimum atomic E-state index is 0.143. The Hall–Kier alpha value is -1.84. The Morgan fingerprint density at radius 3 is 2.88 bits per heavy atom. The largest absolute Gasteiger partial charge is 0.356 e. The van der Waals surface area contributed by atoms with E-state index < -0.39 is 0 Å². The smallest absolute Gasteiger partial charge is 0.220 e. The number of nitrogens with zero attached hydrogens (tertiary/aromatic N) is 2. The van der Waals surface area contributed by atoms with Crippen LogP contribution in [-0.4, -0.2) is 22.0 Å². The molecule has 0 spiro atoms. The molecular weight excluding hydrogens is 322 g/mol. The zero-order valence-electron chi connectivity index (χ0n) is 15.9. The Morgan fingerprint density at radius 1 is 1.19 bits per heavy atom. The normalized spacial score (nSPS) is 41.9. The van der Waals surface area contributed by atoms with Crippen LogP contribution in [0, 0.1) is 28.6 Å². The first-order chi connectivity index (χ1) is 12.5. The van der Waals surface area contributed by atoms with Crippen molar-refractivity contribution in [3.63, 3.8) is 0 Å². The zero-order valence-corrected chi connectivity index (χ0v) is 15.9. The third kappa shape index (κ3) is 2.14. The Balaban J connectivity index is 1.47. The van der Waals surface area contributed by atoms with Crippen molar-refractivity contribution in [1.29, 1.82) is 0 Å². The molecule has 5 atom stereocenters. The molecule has 1 aliphatic heterocycles. The van der Waals surface area contributed by atoms with Gasteiger partial charge in [0.2, 0.25) is 5.91 Å². The maximum absolute atomic E-state index is 12.1. The van der Waals surface area contributed by atoms with Gasteiger partial charge in [-0.1, -0.05) is 25.5 Å². The van der Waals surface area contributed by atoms with Crippen LogP contribution in [0.4, 0.5) is 0 Å². The summed E-state index contributed by atoms with van der Waals surface area (Å²) in [6.07, 6.45) is 17.4. The summed E-state index contributed by atoms with van der Waals surface area (Å²) in [4.78, 5) is 16.4. The number of rotatable bonds is 1. The topological polar surface area (TPSA) is 46.9 Å². The third-order valence-corrected chi connectivity index (χ3v) is 8.27. The quantitative estimate of drug-likeness (QED) is 0.830. The van der Waals surface area contributed by atoms with E-state index in [9.17, 15) is 4.79 Å². The van der Waals surface area contributed by atoms with Crippen molar-refractivity contribution in [3.05, 3.63) is 36.4 Å². The lowest BCUT2D eigenvalue weighted by Gasteiger charge is -2.56. The minimum absolute atomic E-state index is 0.143. The van der Waals surface area contributed by atoms with Crippen molar-refractivity contribution in [1.82, 2.24) is 14.9 Å². The van der Waals surface area contributed by atoms with Gasteiger partial charge >= 0.3 is 0 Å². The number of hydrogen-bond donors (Lipinski definition) is 1. The molecule has 4 heteroatoms. The highest BCUT2D eigenvalue weighted by Gasteiger charge is 2.56. The fourth-order valence-electron chi connectivity index (χ4n) is 6.78. The molecule has 3 fully saturated rings. The fourth-order valence-corrected chi connectivity index (χ4v) is 6.78. The highest BCUT2D eigenvalue weighted by molar-refractivity contribution is 5.76. The maximum Gasteiger partial charge on any atom is 0.220 e. The van der Waals surface area contributed by atoms with Crippen LogP contribution in [0.15, 0.2) is 36.4 Å². The van der Waals surface area contributed by atoms with Gasteiger partial charge in [0.05, 0.1) is 6.33 Å². The average Bonchev–Trinajstić information content (AvgIpc) is 3.20. The standard InChI is InChI=1S/C22H29N3O/c1-21-9-10-24-20(26)13-15(21)3-4-16-17-5-6-19(25-12-11-23-14-25)22(17,2)8-7-18(16)21/h5-6,11-12,14-16,18H,3-4,7-10,13H2,1-2H3,(H,24,26)/t15-,16-,18-,21-,22-/m0/s1. The second-order valence-corrected chi connectivity index (χ2v) is 9.31. The van der Waals surface area contributed by atoms with Crippen LogP contribution >= 0.6 is 0 Å². The molecule has 2 saturated carbocycles. The average molecular weight is 351 g/mol. The molecule has 3 aliphatic carbocycles. The van der Waals surface area contributed by atoms with Gasteiger partial charge in [0.25, 0.3) is 0 Å². The van der Waals surface area contributed by atoms with E-state index >= 15 is 0 Å². The van der Waals surface area contributed by atoms with Crippen LogP contribution < -0.4 is 5.32 Å². The zero-order chi connectivity index (χ0) is 17.9. The predicted molar refractivity (Wildman–Crippen MR) is 102 cm³/mol. The summed E-state index contributed by atoms with van der Waals surface area (Å²) in [7, 11) is 0. The summed E-state index contributed by atoms with van der Waals surface area (Å²) in [6, 6.07) is 0. The minimum Gasteiger partial charge on any atom is -0.356 e. The second-order valence-electron chi connectivity index (χ2n) is 9.31. The molecule has 2 heterocycles. The first-order valence-corrected chi connectivity index (χ1v) is 10.2. The van der Waals surface area contributed by atoms with E-state index in [1.165, 1.54) is 31.4 Å². The summed E-state index contributed by atoms with van der Waals surface area (Å²) < 4.78 is 2.20. The molecule has 1 amide bonds. The lowest BCUT2D eigenvalue weighted by molar-refractivity contribution is -0.123. The molecule has 0 aromatic carbocycles. The number of amides is 1. The van der Waals surface area contributed by atoms with E-state index in [0.29, 0.717) is 23.2 Å². The molecule has 1 saturated heterocycles. The molecule has 5 rings (SSSR count). The molecule has 0 radical (unpaired) electrons. The van der Waals surface area contributed by atoms with E-state index in [0.717, 1.165) is 19.4 Å². The van der Waals surface area contributed by atoms with Gasteiger partial charge in [-0.3, -0.25) is 4.79 Å². The van der Waals surface area contributed by atoms with Gasteiger partial charge < -0.3 is 9.88 Å². The van der Waals surface area contributed by atoms with E-state index in [-0.39, 0.29) is 11.3 Å². The van der Waals surface area contributed by atoms with Crippen molar-refractivity contribution >= 4 is 11.6 Å². The highest BCUT2D eigenvalue weighted by Crippen LogP contribution is 2.64. The second kappa shape index (κ2) is 5.58. The molecule has 4 aliphatic rings. The van der Waals surface area contributed by atoms with Crippen LogP contribution in [0.5, 0.6) is 0 Å². The number of nitrogens with one attached hydrogen (secondary N) is 1. The van der Waals surface area contributed by atoms with Crippen molar-refractivity contribution in [2.24, 2.45) is 28.6 Å². The van der Waals surface area contributed by atoms with Crippen LogP contribution in [0.1, 0.15) is 52.4 Å². The van der Waals surface area contributed by atoms with Gasteiger partial charge in [0, 0.05) is 36.5 Å². The highest BCUT2D eigenvalue weighted by atomic mass is 16.1. The number of carbonyl (C=O) groups excluding carboxylic acids is 1. The number of allylic oxidation sites excluding steroid dienone is 4. The molecular formula is C22H29N3O. The number of fused-ring (bicyclic) bond motifs is 5. The first kappa shape index (κ1) is 16.3. The van der Waals surface area contributed by atoms with Crippen molar-refractivity contribution in [2.45, 2.75) is 52.4 Å². The summed E-state index contributed by atoms with van der Waals surface area (Å²) in [5.74, 6) is 2.20. The maximum atomic E-state index is 12.1. The predicted octanol–water partition coefficient (Wildman–Crippen LogP) is 4.02. The van der Waals surface area contributed by atoms with Gasteiger partial charge in [-0.15, -0.1) is 0 Å². The number of imidazole rings is 1. The number of aromatic nitrogens is 2. The van der Waals surface area contributed by atoms with E-state index in [1.54, 1.807) is 5.57 Å². The van der Waals surface area contributed by atoms with E-state index in [4.69, 9.17) is 0 Å².